The summed E-state index contributed by atoms with van der Waals surface area (Å²) < 4.78 is 5.44. The number of morpholine rings is 1. The molecule has 0 spiro atoms. The molecule has 2 aliphatic heterocycles. The Kier molecular flexibility index (Phi) is 6.36. The molecular formula is C18H34N4O2. The number of nitrogens with zero attached hydrogens (tertiary/aromatic N) is 3. The summed E-state index contributed by atoms with van der Waals surface area (Å²) in [6.07, 6.45) is 5.29. The molecule has 0 bridgehead atoms. The van der Waals surface area contributed by atoms with Crippen molar-refractivity contribution in [3.05, 3.63) is 0 Å². The van der Waals surface area contributed by atoms with Crippen molar-refractivity contribution < 1.29 is 9.84 Å². The molecule has 24 heavy (non-hydrogen) atoms. The third kappa shape index (κ3) is 4.83. The van der Waals surface area contributed by atoms with Crippen LogP contribution in [-0.2, 0) is 4.74 Å². The molecule has 3 rings (SSSR count). The highest BCUT2D eigenvalue weighted by Crippen LogP contribution is 2.29. The van der Waals surface area contributed by atoms with Gasteiger partial charge in [-0.05, 0) is 32.1 Å². The van der Waals surface area contributed by atoms with Crippen LogP contribution in [0.3, 0.4) is 0 Å². The van der Waals surface area contributed by atoms with E-state index in [9.17, 15) is 5.11 Å². The third-order valence-corrected chi connectivity index (χ3v) is 5.60. The van der Waals surface area contributed by atoms with Crippen LogP contribution in [0.1, 0.15) is 39.0 Å². The van der Waals surface area contributed by atoms with E-state index < -0.39 is 5.60 Å². The molecular weight excluding hydrogens is 304 g/mol. The molecule has 0 aromatic carbocycles. The quantitative estimate of drug-likeness (QED) is 0.576. The number of ether oxygens (including phenoxy) is 1. The number of nitrogens with one attached hydrogen (secondary N) is 1. The van der Waals surface area contributed by atoms with Gasteiger partial charge in [0.25, 0.3) is 0 Å². The van der Waals surface area contributed by atoms with E-state index in [2.05, 4.69) is 22.0 Å². The van der Waals surface area contributed by atoms with Crippen LogP contribution in [0.2, 0.25) is 0 Å². The van der Waals surface area contributed by atoms with Crippen LogP contribution in [0.5, 0.6) is 0 Å². The second kappa shape index (κ2) is 8.50. The topological polar surface area (TPSA) is 60.3 Å². The van der Waals surface area contributed by atoms with Gasteiger partial charge < -0.3 is 20.1 Å². The molecule has 1 atom stereocenters. The number of hydrogen-bond donors (Lipinski definition) is 2. The van der Waals surface area contributed by atoms with E-state index in [-0.39, 0.29) is 0 Å². The highest BCUT2D eigenvalue weighted by Gasteiger charge is 2.32. The van der Waals surface area contributed by atoms with Crippen molar-refractivity contribution in [1.29, 1.82) is 0 Å². The molecule has 3 aliphatic rings. The summed E-state index contributed by atoms with van der Waals surface area (Å²) in [7, 11) is 0. The van der Waals surface area contributed by atoms with Gasteiger partial charge in [0.2, 0.25) is 0 Å². The number of likely N-dealkylation sites (tertiary alicyclic amines) is 1. The van der Waals surface area contributed by atoms with Crippen molar-refractivity contribution >= 4 is 5.96 Å². The van der Waals surface area contributed by atoms with E-state index >= 15 is 0 Å². The van der Waals surface area contributed by atoms with Gasteiger partial charge in [-0.25, -0.2) is 0 Å². The molecule has 2 saturated heterocycles. The van der Waals surface area contributed by atoms with Crippen LogP contribution in [0.15, 0.2) is 4.99 Å². The number of aliphatic imine (C=N–C) groups is 1. The van der Waals surface area contributed by atoms with Gasteiger partial charge in [0, 0.05) is 39.3 Å². The lowest BCUT2D eigenvalue weighted by Gasteiger charge is -2.29. The van der Waals surface area contributed by atoms with Gasteiger partial charge in [-0.2, -0.15) is 0 Å². The number of guanidine groups is 1. The summed E-state index contributed by atoms with van der Waals surface area (Å²) in [5, 5.41) is 14.0. The Bertz CT molecular complexity index is 417. The van der Waals surface area contributed by atoms with Crippen LogP contribution in [0.25, 0.3) is 0 Å². The monoisotopic (exact) mass is 338 g/mol. The average Bonchev–Trinajstić information content (AvgIpc) is 3.22. The van der Waals surface area contributed by atoms with Gasteiger partial charge in [0.1, 0.15) is 0 Å². The first kappa shape index (κ1) is 18.0. The van der Waals surface area contributed by atoms with Crippen LogP contribution in [0.4, 0.5) is 0 Å². The maximum absolute atomic E-state index is 10.5. The molecule has 138 valence electrons. The third-order valence-electron chi connectivity index (χ3n) is 5.60. The number of hydrogen-bond acceptors (Lipinski definition) is 4. The Hall–Kier alpha value is -0.850. The van der Waals surface area contributed by atoms with Crippen LogP contribution in [-0.4, -0.2) is 85.5 Å². The number of rotatable bonds is 5. The SMILES string of the molecule is CCNC(=NCC1(O)CCCC1)N1CCC(CN2CCOCC2)C1. The van der Waals surface area contributed by atoms with Gasteiger partial charge >= 0.3 is 0 Å². The highest BCUT2D eigenvalue weighted by atomic mass is 16.5. The Morgan fingerprint density at radius 2 is 2.00 bits per heavy atom. The molecule has 2 heterocycles. The number of aliphatic hydroxyl groups is 1. The summed E-state index contributed by atoms with van der Waals surface area (Å²) in [5.41, 5.74) is -0.562. The van der Waals surface area contributed by atoms with E-state index in [1.165, 1.54) is 13.0 Å². The largest absolute Gasteiger partial charge is 0.388 e. The van der Waals surface area contributed by atoms with Gasteiger partial charge in [0.05, 0.1) is 25.4 Å². The fourth-order valence-corrected chi connectivity index (χ4v) is 4.16. The zero-order valence-electron chi connectivity index (χ0n) is 15.2. The Labute approximate surface area is 146 Å². The van der Waals surface area contributed by atoms with Gasteiger partial charge in [-0.1, -0.05) is 12.8 Å². The lowest BCUT2D eigenvalue weighted by molar-refractivity contribution is 0.0315. The lowest BCUT2D eigenvalue weighted by Crippen LogP contribution is -2.43. The average molecular weight is 338 g/mol. The first-order chi connectivity index (χ1) is 11.7. The normalized spacial score (nSPS) is 28.5. The second-order valence-corrected chi connectivity index (χ2v) is 7.62. The zero-order chi connectivity index (χ0) is 16.8. The fraction of sp³-hybridized carbons (Fsp3) is 0.944. The maximum atomic E-state index is 10.5. The molecule has 1 saturated carbocycles. The summed E-state index contributed by atoms with van der Waals surface area (Å²) in [6.45, 7) is 10.7. The van der Waals surface area contributed by atoms with Crippen molar-refractivity contribution in [2.45, 2.75) is 44.6 Å². The minimum atomic E-state index is -0.562. The van der Waals surface area contributed by atoms with E-state index in [4.69, 9.17) is 9.73 Å². The predicted molar refractivity (Wildman–Crippen MR) is 96.3 cm³/mol. The zero-order valence-corrected chi connectivity index (χ0v) is 15.2. The summed E-state index contributed by atoms with van der Waals surface area (Å²) >= 11 is 0. The second-order valence-electron chi connectivity index (χ2n) is 7.62. The Morgan fingerprint density at radius 3 is 2.71 bits per heavy atom. The van der Waals surface area contributed by atoms with Gasteiger partial charge in [0.15, 0.2) is 5.96 Å². The molecule has 0 aromatic heterocycles. The lowest BCUT2D eigenvalue weighted by atomic mass is 10.0. The standard InChI is InChI=1S/C18H34N4O2/c1-2-19-17(20-15-18(23)6-3-4-7-18)22-8-5-16(14-22)13-21-9-11-24-12-10-21/h16,23H,2-15H2,1H3,(H,19,20). The van der Waals surface area contributed by atoms with E-state index in [0.29, 0.717) is 12.5 Å². The Morgan fingerprint density at radius 1 is 1.25 bits per heavy atom. The molecule has 0 radical (unpaired) electrons. The van der Waals surface area contributed by atoms with Gasteiger partial charge in [-0.15, -0.1) is 0 Å². The minimum Gasteiger partial charge on any atom is -0.388 e. The van der Waals surface area contributed by atoms with Crippen LogP contribution in [0, 0.1) is 5.92 Å². The van der Waals surface area contributed by atoms with Gasteiger partial charge in [-0.3, -0.25) is 9.89 Å². The highest BCUT2D eigenvalue weighted by molar-refractivity contribution is 5.80. The molecule has 6 nitrogen and oxygen atoms in total. The Balaban J connectivity index is 1.52. The van der Waals surface area contributed by atoms with Crippen molar-refractivity contribution in [2.75, 3.05) is 59.0 Å². The molecule has 0 aromatic rings. The maximum Gasteiger partial charge on any atom is 0.194 e. The smallest absolute Gasteiger partial charge is 0.194 e. The summed E-state index contributed by atoms with van der Waals surface area (Å²) in [4.78, 5) is 9.69. The van der Waals surface area contributed by atoms with Crippen molar-refractivity contribution in [3.8, 4) is 0 Å². The molecule has 6 heteroatoms. The molecule has 0 amide bonds. The molecule has 2 N–H and O–H groups in total. The van der Waals surface area contributed by atoms with Crippen molar-refractivity contribution in [1.82, 2.24) is 15.1 Å². The van der Waals surface area contributed by atoms with Crippen LogP contribution >= 0.6 is 0 Å². The van der Waals surface area contributed by atoms with Crippen molar-refractivity contribution in [2.24, 2.45) is 10.9 Å². The molecule has 3 fully saturated rings. The minimum absolute atomic E-state index is 0.542. The first-order valence-corrected chi connectivity index (χ1v) is 9.74. The van der Waals surface area contributed by atoms with E-state index in [1.807, 2.05) is 0 Å². The van der Waals surface area contributed by atoms with Crippen molar-refractivity contribution in [3.63, 3.8) is 0 Å². The summed E-state index contributed by atoms with van der Waals surface area (Å²) in [6, 6.07) is 0. The predicted octanol–water partition coefficient (Wildman–Crippen LogP) is 0.911. The van der Waals surface area contributed by atoms with Crippen LogP contribution < -0.4 is 5.32 Å². The van der Waals surface area contributed by atoms with E-state index in [0.717, 1.165) is 77.6 Å². The molecule has 1 aliphatic carbocycles. The fourth-order valence-electron chi connectivity index (χ4n) is 4.16. The molecule has 1 unspecified atom stereocenters. The summed E-state index contributed by atoms with van der Waals surface area (Å²) in [5.74, 6) is 1.70. The first-order valence-electron chi connectivity index (χ1n) is 9.74. The van der Waals surface area contributed by atoms with E-state index in [1.54, 1.807) is 0 Å².